The van der Waals surface area contributed by atoms with Crippen LogP contribution in [0.4, 0.5) is 5.69 Å². The minimum Gasteiger partial charge on any atom is -0.465 e. The summed E-state index contributed by atoms with van der Waals surface area (Å²) in [4.78, 5) is 36.1. The maximum Gasteiger partial charge on any atom is 0.337 e. The lowest BCUT2D eigenvalue weighted by molar-refractivity contribution is -0.119. The molecule has 0 bridgehead atoms. The Balaban J connectivity index is 2.31. The summed E-state index contributed by atoms with van der Waals surface area (Å²) >= 11 is 0. The molecular formula is C16H20N2O7S. The highest BCUT2D eigenvalue weighted by molar-refractivity contribution is 7.88. The Morgan fingerprint density at radius 3 is 2.08 bits per heavy atom. The van der Waals surface area contributed by atoms with Gasteiger partial charge in [0.1, 0.15) is 6.04 Å². The summed E-state index contributed by atoms with van der Waals surface area (Å²) in [5.74, 6) is -1.92. The van der Waals surface area contributed by atoms with Crippen LogP contribution in [0, 0.1) is 0 Å². The fourth-order valence-electron chi connectivity index (χ4n) is 2.80. The molecule has 1 aromatic carbocycles. The third-order valence-corrected chi connectivity index (χ3v) is 5.26. The minimum absolute atomic E-state index is 0.0529. The lowest BCUT2D eigenvalue weighted by Crippen LogP contribution is -2.42. The topological polar surface area (TPSA) is 119 Å². The number of hydrogen-bond donors (Lipinski definition) is 1. The molecule has 142 valence electrons. The molecule has 1 fully saturated rings. The third-order valence-electron chi connectivity index (χ3n) is 3.98. The normalized spacial score (nSPS) is 17.6. The van der Waals surface area contributed by atoms with Crippen LogP contribution >= 0.6 is 0 Å². The van der Waals surface area contributed by atoms with Gasteiger partial charge in [0.2, 0.25) is 15.9 Å². The second-order valence-corrected chi connectivity index (χ2v) is 7.74. The summed E-state index contributed by atoms with van der Waals surface area (Å²) in [5, 5.41) is 2.56. The van der Waals surface area contributed by atoms with Crippen molar-refractivity contribution in [3.63, 3.8) is 0 Å². The van der Waals surface area contributed by atoms with E-state index < -0.39 is 33.9 Å². The molecule has 2 rings (SSSR count). The number of anilines is 1. The second-order valence-electron chi connectivity index (χ2n) is 5.80. The molecule has 1 saturated heterocycles. The number of methoxy groups -OCH3 is 2. The van der Waals surface area contributed by atoms with Gasteiger partial charge >= 0.3 is 11.9 Å². The van der Waals surface area contributed by atoms with Crippen molar-refractivity contribution in [3.05, 3.63) is 29.3 Å². The van der Waals surface area contributed by atoms with Gasteiger partial charge in [-0.1, -0.05) is 0 Å². The monoisotopic (exact) mass is 384 g/mol. The van der Waals surface area contributed by atoms with Gasteiger partial charge in [-0.15, -0.1) is 0 Å². The molecular weight excluding hydrogens is 364 g/mol. The van der Waals surface area contributed by atoms with Gasteiger partial charge in [0.15, 0.2) is 0 Å². The van der Waals surface area contributed by atoms with E-state index in [1.54, 1.807) is 0 Å². The number of sulfonamides is 1. The number of benzene rings is 1. The van der Waals surface area contributed by atoms with Crippen molar-refractivity contribution in [2.45, 2.75) is 18.9 Å². The van der Waals surface area contributed by atoms with Crippen molar-refractivity contribution in [1.82, 2.24) is 4.31 Å². The van der Waals surface area contributed by atoms with Gasteiger partial charge in [-0.25, -0.2) is 18.0 Å². The molecule has 1 heterocycles. The predicted octanol–water partition coefficient (Wildman–Crippen LogP) is 0.622. The van der Waals surface area contributed by atoms with Gasteiger partial charge in [0.25, 0.3) is 0 Å². The summed E-state index contributed by atoms with van der Waals surface area (Å²) in [6, 6.07) is 3.13. The highest BCUT2D eigenvalue weighted by atomic mass is 32.2. The zero-order chi connectivity index (χ0) is 19.5. The highest BCUT2D eigenvalue weighted by Gasteiger charge is 2.36. The third kappa shape index (κ3) is 4.38. The SMILES string of the molecule is COC(=O)c1cc(NC(=O)[C@H]2CCCN2S(C)(=O)=O)cc(C(=O)OC)c1. The molecule has 0 saturated carbocycles. The quantitative estimate of drug-likeness (QED) is 0.739. The van der Waals surface area contributed by atoms with E-state index in [1.807, 2.05) is 0 Å². The summed E-state index contributed by atoms with van der Waals surface area (Å²) in [6.07, 6.45) is 2.01. The zero-order valence-electron chi connectivity index (χ0n) is 14.6. The first kappa shape index (κ1) is 19.9. The number of ether oxygens (including phenoxy) is 2. The Hall–Kier alpha value is -2.46. The van der Waals surface area contributed by atoms with Crippen LogP contribution in [-0.2, 0) is 24.3 Å². The maximum atomic E-state index is 12.5. The van der Waals surface area contributed by atoms with E-state index >= 15 is 0 Å². The fraction of sp³-hybridized carbons (Fsp3) is 0.438. The van der Waals surface area contributed by atoms with Crippen LogP contribution in [0.2, 0.25) is 0 Å². The average Bonchev–Trinajstić information content (AvgIpc) is 3.10. The smallest absolute Gasteiger partial charge is 0.337 e. The van der Waals surface area contributed by atoms with Crippen LogP contribution in [0.5, 0.6) is 0 Å². The van der Waals surface area contributed by atoms with Crippen molar-refractivity contribution in [1.29, 1.82) is 0 Å². The molecule has 9 nitrogen and oxygen atoms in total. The van der Waals surface area contributed by atoms with Gasteiger partial charge in [-0.3, -0.25) is 4.79 Å². The van der Waals surface area contributed by atoms with Crippen LogP contribution < -0.4 is 5.32 Å². The van der Waals surface area contributed by atoms with Crippen LogP contribution in [-0.4, -0.2) is 63.6 Å². The summed E-state index contributed by atoms with van der Waals surface area (Å²) in [6.45, 7) is 0.270. The minimum atomic E-state index is -3.52. The van der Waals surface area contributed by atoms with Crippen molar-refractivity contribution in [2.24, 2.45) is 0 Å². The highest BCUT2D eigenvalue weighted by Crippen LogP contribution is 2.23. The molecule has 1 aliphatic rings. The van der Waals surface area contributed by atoms with Gasteiger partial charge in [-0.05, 0) is 31.0 Å². The van der Waals surface area contributed by atoms with Crippen LogP contribution in [0.15, 0.2) is 18.2 Å². The van der Waals surface area contributed by atoms with E-state index in [2.05, 4.69) is 14.8 Å². The molecule has 1 N–H and O–H groups in total. The van der Waals surface area contributed by atoms with Crippen molar-refractivity contribution >= 4 is 33.6 Å². The van der Waals surface area contributed by atoms with Crippen molar-refractivity contribution in [3.8, 4) is 0 Å². The number of rotatable bonds is 5. The number of nitrogens with zero attached hydrogens (tertiary/aromatic N) is 1. The van der Waals surface area contributed by atoms with Gasteiger partial charge in [0, 0.05) is 12.2 Å². The van der Waals surface area contributed by atoms with Crippen LogP contribution in [0.1, 0.15) is 33.6 Å². The van der Waals surface area contributed by atoms with Gasteiger partial charge < -0.3 is 14.8 Å². The number of carbonyl (C=O) groups is 3. The molecule has 0 radical (unpaired) electrons. The lowest BCUT2D eigenvalue weighted by atomic mass is 10.1. The van der Waals surface area contributed by atoms with E-state index in [1.165, 1.54) is 32.4 Å². The van der Waals surface area contributed by atoms with Gasteiger partial charge in [0.05, 0.1) is 31.6 Å². The summed E-state index contributed by atoms with van der Waals surface area (Å²) in [5.41, 5.74) is 0.271. The van der Waals surface area contributed by atoms with E-state index in [9.17, 15) is 22.8 Å². The van der Waals surface area contributed by atoms with E-state index in [4.69, 9.17) is 0 Å². The number of nitrogens with one attached hydrogen (secondary N) is 1. The average molecular weight is 384 g/mol. The number of carbonyl (C=O) groups excluding carboxylic acids is 3. The lowest BCUT2D eigenvalue weighted by Gasteiger charge is -2.21. The maximum absolute atomic E-state index is 12.5. The molecule has 0 spiro atoms. The molecule has 0 aliphatic carbocycles. The predicted molar refractivity (Wildman–Crippen MR) is 92.3 cm³/mol. The molecule has 1 aliphatic heterocycles. The first-order chi connectivity index (χ1) is 12.2. The van der Waals surface area contributed by atoms with Crippen LogP contribution in [0.3, 0.4) is 0 Å². The summed E-state index contributed by atoms with van der Waals surface area (Å²) < 4.78 is 34.0. The Kier molecular flexibility index (Phi) is 5.98. The molecule has 1 amide bonds. The molecule has 0 aromatic heterocycles. The Bertz CT molecular complexity index is 801. The zero-order valence-corrected chi connectivity index (χ0v) is 15.5. The first-order valence-corrected chi connectivity index (χ1v) is 9.61. The summed E-state index contributed by atoms with van der Waals surface area (Å²) in [7, 11) is -1.14. The Morgan fingerprint density at radius 2 is 1.62 bits per heavy atom. The standard InChI is InChI=1S/C16H20N2O7S/c1-24-15(20)10-7-11(16(21)25-2)9-12(8-10)17-14(19)13-5-4-6-18(13)26(3,22)23/h7-9,13H,4-6H2,1-3H3,(H,17,19)/t13-/m1/s1. The molecule has 1 atom stereocenters. The molecule has 0 unspecified atom stereocenters. The van der Waals surface area contributed by atoms with Crippen LogP contribution in [0.25, 0.3) is 0 Å². The molecule has 26 heavy (non-hydrogen) atoms. The van der Waals surface area contributed by atoms with Gasteiger partial charge in [-0.2, -0.15) is 4.31 Å². The number of amides is 1. The Morgan fingerprint density at radius 1 is 1.08 bits per heavy atom. The first-order valence-electron chi connectivity index (χ1n) is 7.76. The van der Waals surface area contributed by atoms with Crippen molar-refractivity contribution in [2.75, 3.05) is 32.3 Å². The van der Waals surface area contributed by atoms with E-state index in [-0.39, 0.29) is 23.4 Å². The second kappa shape index (κ2) is 7.83. The van der Waals surface area contributed by atoms with Crippen molar-refractivity contribution < 1.29 is 32.3 Å². The number of hydrogen-bond acceptors (Lipinski definition) is 7. The fourth-order valence-corrected chi connectivity index (χ4v) is 3.92. The van der Waals surface area contributed by atoms with E-state index in [0.717, 1.165) is 10.6 Å². The Labute approximate surface area is 151 Å². The largest absolute Gasteiger partial charge is 0.465 e. The molecule has 10 heteroatoms. The van der Waals surface area contributed by atoms with E-state index in [0.29, 0.717) is 12.8 Å². The number of esters is 2. The molecule has 1 aromatic rings.